The Bertz CT molecular complexity index is 614. The number of anilines is 1. The lowest BCUT2D eigenvalue weighted by Gasteiger charge is -2.12. The van der Waals surface area contributed by atoms with Crippen molar-refractivity contribution in [2.45, 2.75) is 18.4 Å². The molecule has 0 unspecified atom stereocenters. The van der Waals surface area contributed by atoms with Gasteiger partial charge in [-0.25, -0.2) is 0 Å². The van der Waals surface area contributed by atoms with Crippen LogP contribution < -0.4 is 5.32 Å². The Kier molecular flexibility index (Phi) is 4.48. The maximum Gasteiger partial charge on any atom is 0.102 e. The molecule has 1 N–H and O–H groups in total. The summed E-state index contributed by atoms with van der Waals surface area (Å²) in [5.41, 5.74) is 4.14. The predicted molar refractivity (Wildman–Crippen MR) is 81.4 cm³/mol. The monoisotopic (exact) mass is 268 g/mol. The zero-order valence-corrected chi connectivity index (χ0v) is 11.9. The molecule has 19 heavy (non-hydrogen) atoms. The van der Waals surface area contributed by atoms with Gasteiger partial charge in [0.05, 0.1) is 11.3 Å². The van der Waals surface area contributed by atoms with E-state index in [1.165, 1.54) is 11.1 Å². The summed E-state index contributed by atoms with van der Waals surface area (Å²) < 4.78 is 0. The van der Waals surface area contributed by atoms with Crippen LogP contribution in [-0.2, 0) is 6.54 Å². The van der Waals surface area contributed by atoms with Crippen LogP contribution in [0.3, 0.4) is 0 Å². The fourth-order valence-electron chi connectivity index (χ4n) is 1.96. The predicted octanol–water partition coefficient (Wildman–Crippen LogP) is 4.20. The molecule has 0 aliphatic rings. The Morgan fingerprint density at radius 2 is 1.95 bits per heavy atom. The molecule has 2 nitrogen and oxygen atoms in total. The van der Waals surface area contributed by atoms with Gasteiger partial charge in [-0.1, -0.05) is 30.3 Å². The number of benzene rings is 2. The lowest BCUT2D eigenvalue weighted by atomic mass is 10.1. The van der Waals surface area contributed by atoms with Crippen molar-refractivity contribution in [3.63, 3.8) is 0 Å². The largest absolute Gasteiger partial charge is 0.380 e. The van der Waals surface area contributed by atoms with Crippen LogP contribution in [0, 0.1) is 18.3 Å². The van der Waals surface area contributed by atoms with E-state index in [0.29, 0.717) is 0 Å². The minimum absolute atomic E-state index is 0.726. The van der Waals surface area contributed by atoms with Gasteiger partial charge in [0.2, 0.25) is 0 Å². The topological polar surface area (TPSA) is 35.8 Å². The SMILES string of the molecule is CSc1cccc(NCc2ccccc2C)c1C#N. The lowest BCUT2D eigenvalue weighted by molar-refractivity contribution is 1.11. The highest BCUT2D eigenvalue weighted by molar-refractivity contribution is 7.98. The van der Waals surface area contributed by atoms with Crippen molar-refractivity contribution in [2.24, 2.45) is 0 Å². The molecule has 0 radical (unpaired) electrons. The van der Waals surface area contributed by atoms with E-state index in [4.69, 9.17) is 0 Å². The Labute approximate surface area is 118 Å². The van der Waals surface area contributed by atoms with E-state index in [9.17, 15) is 5.26 Å². The summed E-state index contributed by atoms with van der Waals surface area (Å²) in [5.74, 6) is 0. The highest BCUT2D eigenvalue weighted by Crippen LogP contribution is 2.26. The van der Waals surface area contributed by atoms with E-state index in [2.05, 4.69) is 30.4 Å². The summed E-state index contributed by atoms with van der Waals surface area (Å²) in [6, 6.07) is 16.5. The summed E-state index contributed by atoms with van der Waals surface area (Å²) in [6.07, 6.45) is 1.99. The van der Waals surface area contributed by atoms with Crippen molar-refractivity contribution in [3.05, 3.63) is 59.2 Å². The number of nitrogens with one attached hydrogen (secondary N) is 1. The number of nitrogens with zero attached hydrogens (tertiary/aromatic N) is 1. The van der Waals surface area contributed by atoms with Gasteiger partial charge in [0, 0.05) is 11.4 Å². The quantitative estimate of drug-likeness (QED) is 0.844. The molecule has 3 heteroatoms. The third kappa shape index (κ3) is 3.10. The Balaban J connectivity index is 2.21. The van der Waals surface area contributed by atoms with Gasteiger partial charge in [0.25, 0.3) is 0 Å². The van der Waals surface area contributed by atoms with Crippen molar-refractivity contribution >= 4 is 17.4 Å². The molecule has 0 spiro atoms. The summed E-state index contributed by atoms with van der Waals surface area (Å²) in [6.45, 7) is 2.83. The first-order valence-electron chi connectivity index (χ1n) is 6.11. The van der Waals surface area contributed by atoms with Crippen LogP contribution in [-0.4, -0.2) is 6.26 Å². The van der Waals surface area contributed by atoms with E-state index in [-0.39, 0.29) is 0 Å². The second-order valence-corrected chi connectivity index (χ2v) is 5.12. The van der Waals surface area contributed by atoms with Crippen molar-refractivity contribution in [2.75, 3.05) is 11.6 Å². The van der Waals surface area contributed by atoms with Crippen molar-refractivity contribution in [1.82, 2.24) is 0 Å². The zero-order valence-electron chi connectivity index (χ0n) is 11.1. The molecule has 96 valence electrons. The average Bonchev–Trinajstić information content (AvgIpc) is 2.45. The second-order valence-electron chi connectivity index (χ2n) is 4.27. The number of rotatable bonds is 4. The van der Waals surface area contributed by atoms with E-state index in [0.717, 1.165) is 22.7 Å². The van der Waals surface area contributed by atoms with Crippen LogP contribution in [0.25, 0.3) is 0 Å². The molecule has 0 fully saturated rings. The zero-order chi connectivity index (χ0) is 13.7. The van der Waals surface area contributed by atoms with Crippen LogP contribution in [0.1, 0.15) is 16.7 Å². The molecule has 2 aromatic carbocycles. The van der Waals surface area contributed by atoms with Crippen LogP contribution in [0.2, 0.25) is 0 Å². The van der Waals surface area contributed by atoms with Crippen molar-refractivity contribution in [1.29, 1.82) is 5.26 Å². The maximum atomic E-state index is 9.28. The van der Waals surface area contributed by atoms with E-state index >= 15 is 0 Å². The molecule has 0 bridgehead atoms. The van der Waals surface area contributed by atoms with E-state index < -0.39 is 0 Å². The van der Waals surface area contributed by atoms with Crippen LogP contribution >= 0.6 is 11.8 Å². The first kappa shape index (κ1) is 13.5. The fraction of sp³-hybridized carbons (Fsp3) is 0.188. The Hall–Kier alpha value is -1.92. The van der Waals surface area contributed by atoms with Crippen molar-refractivity contribution in [3.8, 4) is 6.07 Å². The normalized spacial score (nSPS) is 9.95. The molecular weight excluding hydrogens is 252 g/mol. The van der Waals surface area contributed by atoms with Gasteiger partial charge in [-0.2, -0.15) is 5.26 Å². The van der Waals surface area contributed by atoms with Gasteiger partial charge in [0.1, 0.15) is 6.07 Å². The third-order valence-corrected chi connectivity index (χ3v) is 3.87. The first-order valence-corrected chi connectivity index (χ1v) is 7.34. The number of aryl methyl sites for hydroxylation is 1. The second kappa shape index (κ2) is 6.31. The molecule has 0 aromatic heterocycles. The molecule has 2 rings (SSSR count). The third-order valence-electron chi connectivity index (χ3n) is 3.09. The summed E-state index contributed by atoms with van der Waals surface area (Å²) in [4.78, 5) is 1.01. The average molecular weight is 268 g/mol. The van der Waals surface area contributed by atoms with Crippen LogP contribution in [0.5, 0.6) is 0 Å². The van der Waals surface area contributed by atoms with Gasteiger partial charge in [0.15, 0.2) is 0 Å². The number of hydrogen-bond acceptors (Lipinski definition) is 3. The van der Waals surface area contributed by atoms with Gasteiger partial charge in [-0.3, -0.25) is 0 Å². The minimum atomic E-state index is 0.726. The van der Waals surface area contributed by atoms with E-state index in [1.807, 2.05) is 36.6 Å². The summed E-state index contributed by atoms with van der Waals surface area (Å²) in [5, 5.41) is 12.6. The van der Waals surface area contributed by atoms with Crippen LogP contribution in [0.4, 0.5) is 5.69 Å². The molecule has 0 amide bonds. The molecule has 0 aliphatic heterocycles. The standard InChI is InChI=1S/C16H16N2S/c1-12-6-3-4-7-13(12)11-18-15-8-5-9-16(19-2)14(15)10-17/h3-9,18H,11H2,1-2H3. The lowest BCUT2D eigenvalue weighted by Crippen LogP contribution is -2.03. The van der Waals surface area contributed by atoms with Crippen LogP contribution in [0.15, 0.2) is 47.4 Å². The smallest absolute Gasteiger partial charge is 0.102 e. The number of nitriles is 1. The van der Waals surface area contributed by atoms with Gasteiger partial charge >= 0.3 is 0 Å². The number of thioether (sulfide) groups is 1. The Morgan fingerprint density at radius 3 is 2.63 bits per heavy atom. The first-order chi connectivity index (χ1) is 9.26. The highest BCUT2D eigenvalue weighted by Gasteiger charge is 2.07. The summed E-state index contributed by atoms with van der Waals surface area (Å²) in [7, 11) is 0. The molecule has 0 saturated carbocycles. The van der Waals surface area contributed by atoms with Crippen molar-refractivity contribution < 1.29 is 0 Å². The van der Waals surface area contributed by atoms with Gasteiger partial charge in [-0.15, -0.1) is 11.8 Å². The minimum Gasteiger partial charge on any atom is -0.380 e. The van der Waals surface area contributed by atoms with E-state index in [1.54, 1.807) is 11.8 Å². The molecule has 0 saturated heterocycles. The number of hydrogen-bond donors (Lipinski definition) is 1. The Morgan fingerprint density at radius 1 is 1.16 bits per heavy atom. The molecule has 0 heterocycles. The van der Waals surface area contributed by atoms with Gasteiger partial charge < -0.3 is 5.32 Å². The maximum absolute atomic E-state index is 9.28. The molecule has 0 aliphatic carbocycles. The van der Waals surface area contributed by atoms with Gasteiger partial charge in [-0.05, 0) is 36.4 Å². The molecule has 0 atom stereocenters. The molecular formula is C16H16N2S. The molecule has 2 aromatic rings. The summed E-state index contributed by atoms with van der Waals surface area (Å²) >= 11 is 1.60. The highest BCUT2D eigenvalue weighted by atomic mass is 32.2. The fourth-order valence-corrected chi connectivity index (χ4v) is 2.54.